The summed E-state index contributed by atoms with van der Waals surface area (Å²) >= 11 is 0. The zero-order valence-corrected chi connectivity index (χ0v) is 26.7. The Hall–Kier alpha value is -3.70. The first-order valence-corrected chi connectivity index (χ1v) is 16.9. The van der Waals surface area contributed by atoms with Crippen LogP contribution >= 0.6 is 0 Å². The number of aryl methyl sites for hydroxylation is 1. The van der Waals surface area contributed by atoms with E-state index in [2.05, 4.69) is 57.8 Å². The molecule has 7 nitrogen and oxygen atoms in total. The SMILES string of the molecule is CCC(=O)O[C@H]1CCC[C@@H]1[C@](Cn1ccnc1CC)(c1ccccc1)C1CCN(CC2CN(c3ccc(C#N)cc3F)C2)CC1. The third-order valence-corrected chi connectivity index (χ3v) is 10.8. The van der Waals surface area contributed by atoms with Crippen molar-refractivity contribution in [3.05, 3.63) is 83.7 Å². The van der Waals surface area contributed by atoms with Crippen molar-refractivity contribution in [1.29, 1.82) is 5.26 Å². The minimum atomic E-state index is -0.315. The third-order valence-electron chi connectivity index (χ3n) is 10.8. The van der Waals surface area contributed by atoms with Gasteiger partial charge in [-0.05, 0) is 74.9 Å². The minimum absolute atomic E-state index is 0.0761. The lowest BCUT2D eigenvalue weighted by molar-refractivity contribution is -0.152. The molecule has 0 bridgehead atoms. The molecule has 6 rings (SSSR count). The van der Waals surface area contributed by atoms with Gasteiger partial charge < -0.3 is 19.1 Å². The van der Waals surface area contributed by atoms with Gasteiger partial charge in [0.1, 0.15) is 17.7 Å². The number of nitriles is 1. The predicted molar refractivity (Wildman–Crippen MR) is 173 cm³/mol. The molecule has 1 aliphatic carbocycles. The number of halogens is 1. The van der Waals surface area contributed by atoms with Gasteiger partial charge in [0.15, 0.2) is 0 Å². The van der Waals surface area contributed by atoms with Crippen molar-refractivity contribution in [3.63, 3.8) is 0 Å². The highest BCUT2D eigenvalue weighted by Crippen LogP contribution is 2.52. The Morgan fingerprint density at radius 2 is 1.87 bits per heavy atom. The first-order valence-electron chi connectivity index (χ1n) is 16.9. The van der Waals surface area contributed by atoms with Crippen LogP contribution < -0.4 is 4.90 Å². The van der Waals surface area contributed by atoms with Gasteiger partial charge in [0.25, 0.3) is 0 Å². The normalized spacial score (nSPS) is 22.5. The van der Waals surface area contributed by atoms with E-state index in [1.807, 2.05) is 19.2 Å². The second-order valence-electron chi connectivity index (χ2n) is 13.3. The Morgan fingerprint density at radius 3 is 2.56 bits per heavy atom. The number of hydrogen-bond donors (Lipinski definition) is 0. The zero-order chi connectivity index (χ0) is 31.4. The van der Waals surface area contributed by atoms with Crippen molar-refractivity contribution in [3.8, 4) is 6.07 Å². The van der Waals surface area contributed by atoms with Gasteiger partial charge in [-0.1, -0.05) is 44.2 Å². The van der Waals surface area contributed by atoms with Gasteiger partial charge in [0.2, 0.25) is 0 Å². The number of rotatable bonds is 11. The average molecular weight is 612 g/mol. The van der Waals surface area contributed by atoms with Gasteiger partial charge in [-0.15, -0.1) is 0 Å². The summed E-state index contributed by atoms with van der Waals surface area (Å²) in [6.45, 7) is 9.63. The molecule has 3 heterocycles. The molecule has 2 aliphatic heterocycles. The van der Waals surface area contributed by atoms with Crippen molar-refractivity contribution in [2.24, 2.45) is 17.8 Å². The number of aromatic nitrogens is 2. The molecule has 1 aromatic heterocycles. The van der Waals surface area contributed by atoms with E-state index < -0.39 is 0 Å². The van der Waals surface area contributed by atoms with Crippen LogP contribution in [-0.4, -0.2) is 59.2 Å². The number of ether oxygens (including phenoxy) is 1. The van der Waals surface area contributed by atoms with E-state index in [0.717, 1.165) is 83.6 Å². The highest BCUT2D eigenvalue weighted by molar-refractivity contribution is 5.69. The van der Waals surface area contributed by atoms with Crippen LogP contribution in [0.1, 0.15) is 69.3 Å². The van der Waals surface area contributed by atoms with Crippen molar-refractivity contribution in [2.75, 3.05) is 37.6 Å². The van der Waals surface area contributed by atoms with Gasteiger partial charge in [0, 0.05) is 68.7 Å². The van der Waals surface area contributed by atoms with E-state index in [4.69, 9.17) is 15.0 Å². The number of hydrogen-bond acceptors (Lipinski definition) is 6. The molecular weight excluding hydrogens is 565 g/mol. The lowest BCUT2D eigenvalue weighted by Crippen LogP contribution is -2.55. The number of carbonyl (C=O) groups excluding carboxylic acids is 1. The van der Waals surface area contributed by atoms with E-state index >= 15 is 0 Å². The Kier molecular flexibility index (Phi) is 9.56. The van der Waals surface area contributed by atoms with Gasteiger partial charge in [-0.25, -0.2) is 9.37 Å². The lowest BCUT2D eigenvalue weighted by atomic mass is 9.58. The third kappa shape index (κ3) is 6.37. The molecule has 0 spiro atoms. The van der Waals surface area contributed by atoms with Crippen LogP contribution in [0.3, 0.4) is 0 Å². The molecule has 3 aliphatic rings. The standard InChI is InChI=1S/C37H46FN5O2/c1-3-35-40-17-20-42(35)26-37(29-9-6-5-7-10-29,31-11-8-12-34(31)45-36(44)4-2)30-15-18-41(19-16-30)23-28-24-43(25-28)33-14-13-27(22-39)21-32(33)38/h5-7,9-10,13-14,17,20-21,28,30-31,34H,3-4,8,11-12,15-16,18-19,23-26H2,1-2H3/t31-,34-,37+/m0/s1. The number of benzene rings is 2. The van der Waals surface area contributed by atoms with Gasteiger partial charge >= 0.3 is 5.97 Å². The largest absolute Gasteiger partial charge is 0.462 e. The van der Waals surface area contributed by atoms with Gasteiger partial charge in [-0.2, -0.15) is 5.26 Å². The Labute approximate surface area is 267 Å². The first kappa shape index (κ1) is 31.3. The second-order valence-corrected chi connectivity index (χ2v) is 13.3. The fraction of sp³-hybridized carbons (Fsp3) is 0.541. The minimum Gasteiger partial charge on any atom is -0.462 e. The molecule has 3 fully saturated rings. The molecule has 0 radical (unpaired) electrons. The van der Waals surface area contributed by atoms with Crippen molar-refractivity contribution >= 4 is 11.7 Å². The maximum Gasteiger partial charge on any atom is 0.305 e. The fourth-order valence-corrected chi connectivity index (χ4v) is 8.54. The summed E-state index contributed by atoms with van der Waals surface area (Å²) in [5.41, 5.74) is 2.11. The molecule has 0 unspecified atom stereocenters. The maximum absolute atomic E-state index is 14.6. The Balaban J connectivity index is 1.21. The molecule has 3 atom stereocenters. The van der Waals surface area contributed by atoms with E-state index in [1.165, 1.54) is 11.6 Å². The molecule has 2 saturated heterocycles. The van der Waals surface area contributed by atoms with Crippen molar-refractivity contribution in [2.45, 2.75) is 76.9 Å². The summed E-state index contributed by atoms with van der Waals surface area (Å²) in [4.78, 5) is 22.0. The highest BCUT2D eigenvalue weighted by atomic mass is 19.1. The summed E-state index contributed by atoms with van der Waals surface area (Å²) in [5, 5.41) is 9.07. The smallest absolute Gasteiger partial charge is 0.305 e. The maximum atomic E-state index is 14.6. The summed E-state index contributed by atoms with van der Waals surface area (Å²) in [7, 11) is 0. The summed E-state index contributed by atoms with van der Waals surface area (Å²) in [5.74, 6) is 1.85. The Morgan fingerprint density at radius 1 is 1.09 bits per heavy atom. The number of likely N-dealkylation sites (tertiary alicyclic amines) is 1. The van der Waals surface area contributed by atoms with Crippen molar-refractivity contribution < 1.29 is 13.9 Å². The van der Waals surface area contributed by atoms with Crippen LogP contribution in [0.15, 0.2) is 60.9 Å². The highest BCUT2D eigenvalue weighted by Gasteiger charge is 2.53. The summed E-state index contributed by atoms with van der Waals surface area (Å²) in [6, 6.07) is 17.8. The molecule has 8 heteroatoms. The number of nitrogens with zero attached hydrogens (tertiary/aromatic N) is 5. The number of piperidine rings is 1. The summed E-state index contributed by atoms with van der Waals surface area (Å²) in [6.07, 6.45) is 10.5. The fourth-order valence-electron chi connectivity index (χ4n) is 8.54. The van der Waals surface area contributed by atoms with E-state index in [-0.39, 0.29) is 29.2 Å². The molecule has 0 amide bonds. The van der Waals surface area contributed by atoms with E-state index in [0.29, 0.717) is 29.5 Å². The lowest BCUT2D eigenvalue weighted by Gasteiger charge is -2.51. The molecule has 0 N–H and O–H groups in total. The molecule has 45 heavy (non-hydrogen) atoms. The quantitative estimate of drug-likeness (QED) is 0.235. The predicted octanol–water partition coefficient (Wildman–Crippen LogP) is 6.36. The molecule has 238 valence electrons. The average Bonchev–Trinajstić information content (AvgIpc) is 3.71. The topological polar surface area (TPSA) is 74.4 Å². The van der Waals surface area contributed by atoms with E-state index in [9.17, 15) is 9.18 Å². The molecular formula is C37H46FN5O2. The van der Waals surface area contributed by atoms with Crippen LogP contribution in [0, 0.1) is 34.9 Å². The van der Waals surface area contributed by atoms with Crippen LogP contribution in [0.5, 0.6) is 0 Å². The molecule has 1 saturated carbocycles. The number of esters is 1. The van der Waals surface area contributed by atoms with Crippen LogP contribution in [-0.2, 0) is 27.9 Å². The van der Waals surface area contributed by atoms with Crippen LogP contribution in [0.2, 0.25) is 0 Å². The van der Waals surface area contributed by atoms with E-state index in [1.54, 1.807) is 12.1 Å². The number of anilines is 1. The number of carbonyl (C=O) groups is 1. The van der Waals surface area contributed by atoms with Crippen LogP contribution in [0.4, 0.5) is 10.1 Å². The zero-order valence-electron chi connectivity index (χ0n) is 26.7. The number of imidazole rings is 1. The summed E-state index contributed by atoms with van der Waals surface area (Å²) < 4.78 is 23.2. The van der Waals surface area contributed by atoms with Crippen LogP contribution in [0.25, 0.3) is 0 Å². The molecule has 3 aromatic rings. The van der Waals surface area contributed by atoms with Gasteiger partial charge in [0.05, 0.1) is 17.3 Å². The van der Waals surface area contributed by atoms with Gasteiger partial charge in [-0.3, -0.25) is 4.79 Å². The second kappa shape index (κ2) is 13.7. The first-order chi connectivity index (χ1) is 21.9. The Bertz CT molecular complexity index is 1490. The van der Waals surface area contributed by atoms with Crippen molar-refractivity contribution in [1.82, 2.24) is 14.5 Å². The monoisotopic (exact) mass is 611 g/mol. The molecule has 2 aromatic carbocycles.